The van der Waals surface area contributed by atoms with Gasteiger partial charge in [0.1, 0.15) is 12.4 Å². The number of nitrogens with two attached hydrogens (primary N) is 1. The number of hydrogen-bond acceptors (Lipinski definition) is 3. The number of primary amides is 1. The van der Waals surface area contributed by atoms with Gasteiger partial charge in [-0.25, -0.2) is 0 Å². The van der Waals surface area contributed by atoms with Gasteiger partial charge >= 0.3 is 0 Å². The van der Waals surface area contributed by atoms with Crippen molar-refractivity contribution in [2.75, 3.05) is 0 Å². The maximum absolute atomic E-state index is 11.1. The van der Waals surface area contributed by atoms with E-state index in [1.54, 1.807) is 11.8 Å². The van der Waals surface area contributed by atoms with Crippen molar-refractivity contribution in [3.63, 3.8) is 0 Å². The van der Waals surface area contributed by atoms with Gasteiger partial charge < -0.3 is 10.5 Å². The minimum Gasteiger partial charge on any atom is -0.489 e. The average molecular weight is 378 g/mol. The Morgan fingerprint density at radius 1 is 0.852 bits per heavy atom. The zero-order valence-corrected chi connectivity index (χ0v) is 16.0. The molecule has 3 aromatic carbocycles. The predicted molar refractivity (Wildman–Crippen MR) is 111 cm³/mol. The SMILES string of the molecule is NC(=O)CCc1cc(OCc2ccccc2)cc(SCc2ccccc2)c1. The van der Waals surface area contributed by atoms with Crippen LogP contribution in [0.2, 0.25) is 0 Å². The molecule has 27 heavy (non-hydrogen) atoms. The van der Waals surface area contributed by atoms with Gasteiger partial charge in [-0.05, 0) is 41.3 Å². The lowest BCUT2D eigenvalue weighted by Gasteiger charge is -2.11. The largest absolute Gasteiger partial charge is 0.489 e. The standard InChI is InChI=1S/C23H23NO2S/c24-23(25)12-11-20-13-21(26-16-18-7-3-1-4-8-18)15-22(14-20)27-17-19-9-5-2-6-10-19/h1-10,13-15H,11-12,16-17H2,(H2,24,25). The molecule has 0 aromatic heterocycles. The van der Waals surface area contributed by atoms with Crippen molar-refractivity contribution in [1.29, 1.82) is 0 Å². The number of ether oxygens (including phenoxy) is 1. The Morgan fingerprint density at radius 3 is 2.19 bits per heavy atom. The maximum Gasteiger partial charge on any atom is 0.217 e. The summed E-state index contributed by atoms with van der Waals surface area (Å²) in [5.74, 6) is 1.42. The van der Waals surface area contributed by atoms with E-state index in [2.05, 4.69) is 24.3 Å². The van der Waals surface area contributed by atoms with Crippen LogP contribution in [0.3, 0.4) is 0 Å². The predicted octanol–water partition coefficient (Wildman–Crippen LogP) is 4.98. The van der Waals surface area contributed by atoms with Crippen LogP contribution in [0.15, 0.2) is 83.8 Å². The van der Waals surface area contributed by atoms with Crippen molar-refractivity contribution < 1.29 is 9.53 Å². The lowest BCUT2D eigenvalue weighted by Crippen LogP contribution is -2.11. The summed E-state index contributed by atoms with van der Waals surface area (Å²) < 4.78 is 6.00. The minimum absolute atomic E-state index is 0.288. The topological polar surface area (TPSA) is 52.3 Å². The number of carbonyl (C=O) groups excluding carboxylic acids is 1. The van der Waals surface area contributed by atoms with Crippen LogP contribution in [0.1, 0.15) is 23.1 Å². The summed E-state index contributed by atoms with van der Waals surface area (Å²) in [5.41, 5.74) is 8.77. The third kappa shape index (κ3) is 6.50. The quantitative estimate of drug-likeness (QED) is 0.535. The van der Waals surface area contributed by atoms with Gasteiger partial charge in [-0.3, -0.25) is 4.79 Å². The number of rotatable bonds is 9. The Kier molecular flexibility index (Phi) is 6.94. The number of amides is 1. The molecule has 2 N–H and O–H groups in total. The van der Waals surface area contributed by atoms with E-state index in [0.29, 0.717) is 19.4 Å². The highest BCUT2D eigenvalue weighted by Crippen LogP contribution is 2.29. The molecular weight excluding hydrogens is 354 g/mol. The highest BCUT2D eigenvalue weighted by Gasteiger charge is 2.06. The monoisotopic (exact) mass is 377 g/mol. The lowest BCUT2D eigenvalue weighted by molar-refractivity contribution is -0.117. The third-order valence-electron chi connectivity index (χ3n) is 4.10. The summed E-state index contributed by atoms with van der Waals surface area (Å²) in [4.78, 5) is 12.3. The van der Waals surface area contributed by atoms with Gasteiger partial charge in [0.15, 0.2) is 0 Å². The highest BCUT2D eigenvalue weighted by molar-refractivity contribution is 7.98. The second-order valence-electron chi connectivity index (χ2n) is 6.33. The van der Waals surface area contributed by atoms with Gasteiger partial charge in [0.2, 0.25) is 5.91 Å². The molecule has 0 heterocycles. The third-order valence-corrected chi connectivity index (χ3v) is 5.14. The number of hydrogen-bond donors (Lipinski definition) is 1. The molecule has 3 aromatic rings. The Balaban J connectivity index is 1.72. The van der Waals surface area contributed by atoms with E-state index < -0.39 is 0 Å². The van der Waals surface area contributed by atoms with Gasteiger partial charge in [-0.2, -0.15) is 0 Å². The van der Waals surface area contributed by atoms with Gasteiger partial charge in [-0.15, -0.1) is 11.8 Å². The molecule has 0 saturated heterocycles. The zero-order valence-electron chi connectivity index (χ0n) is 15.1. The molecule has 0 bridgehead atoms. The number of thioether (sulfide) groups is 1. The molecule has 0 atom stereocenters. The summed E-state index contributed by atoms with van der Waals surface area (Å²) in [6.45, 7) is 0.517. The van der Waals surface area contributed by atoms with Crippen LogP contribution in [0.4, 0.5) is 0 Å². The Bertz CT molecular complexity index is 804. The normalized spacial score (nSPS) is 10.5. The van der Waals surface area contributed by atoms with E-state index >= 15 is 0 Å². The zero-order chi connectivity index (χ0) is 18.9. The van der Waals surface area contributed by atoms with Crippen molar-refractivity contribution in [2.45, 2.75) is 30.1 Å². The van der Waals surface area contributed by atoms with Gasteiger partial charge in [0.05, 0.1) is 0 Å². The van der Waals surface area contributed by atoms with E-state index in [-0.39, 0.29) is 5.91 Å². The molecule has 4 heteroatoms. The molecule has 3 rings (SSSR count). The molecule has 0 saturated carbocycles. The maximum atomic E-state index is 11.1. The minimum atomic E-state index is -0.288. The fourth-order valence-electron chi connectivity index (χ4n) is 2.69. The fourth-order valence-corrected chi connectivity index (χ4v) is 3.65. The summed E-state index contributed by atoms with van der Waals surface area (Å²) in [7, 11) is 0. The van der Waals surface area contributed by atoms with Crippen LogP contribution >= 0.6 is 11.8 Å². The van der Waals surface area contributed by atoms with Crippen LogP contribution in [-0.2, 0) is 23.6 Å². The molecule has 3 nitrogen and oxygen atoms in total. The first-order valence-electron chi connectivity index (χ1n) is 8.95. The van der Waals surface area contributed by atoms with Crippen molar-refractivity contribution in [2.24, 2.45) is 5.73 Å². The van der Waals surface area contributed by atoms with E-state index in [1.807, 2.05) is 54.6 Å². The van der Waals surface area contributed by atoms with Crippen LogP contribution < -0.4 is 10.5 Å². The lowest BCUT2D eigenvalue weighted by atomic mass is 10.1. The van der Waals surface area contributed by atoms with Crippen molar-refractivity contribution in [3.05, 3.63) is 95.6 Å². The molecule has 138 valence electrons. The number of carbonyl (C=O) groups is 1. The second kappa shape index (κ2) is 9.83. The van der Waals surface area contributed by atoms with Crippen LogP contribution in [-0.4, -0.2) is 5.91 Å². The molecule has 0 unspecified atom stereocenters. The average Bonchev–Trinajstić information content (AvgIpc) is 2.71. The summed E-state index contributed by atoms with van der Waals surface area (Å²) >= 11 is 1.76. The molecule has 1 amide bonds. The molecule has 0 radical (unpaired) electrons. The molecule has 0 aliphatic rings. The van der Waals surface area contributed by atoms with Crippen molar-refractivity contribution in [3.8, 4) is 5.75 Å². The Labute approximate surface area is 164 Å². The van der Waals surface area contributed by atoms with E-state index in [9.17, 15) is 4.79 Å². The molecular formula is C23H23NO2S. The fraction of sp³-hybridized carbons (Fsp3) is 0.174. The van der Waals surface area contributed by atoms with Crippen LogP contribution in [0.5, 0.6) is 5.75 Å². The van der Waals surface area contributed by atoms with Gasteiger partial charge in [-0.1, -0.05) is 60.7 Å². The summed E-state index contributed by atoms with van der Waals surface area (Å²) in [6, 6.07) is 26.6. The van der Waals surface area contributed by atoms with Crippen LogP contribution in [0.25, 0.3) is 0 Å². The van der Waals surface area contributed by atoms with Gasteiger partial charge in [0, 0.05) is 17.1 Å². The molecule has 0 aliphatic carbocycles. The highest BCUT2D eigenvalue weighted by atomic mass is 32.2. The van der Waals surface area contributed by atoms with Crippen molar-refractivity contribution in [1.82, 2.24) is 0 Å². The van der Waals surface area contributed by atoms with Crippen molar-refractivity contribution >= 4 is 17.7 Å². The smallest absolute Gasteiger partial charge is 0.217 e. The summed E-state index contributed by atoms with van der Waals surface area (Å²) in [6.07, 6.45) is 0.960. The Morgan fingerprint density at radius 2 is 1.52 bits per heavy atom. The Hall–Kier alpha value is -2.72. The molecule has 0 aliphatic heterocycles. The van der Waals surface area contributed by atoms with E-state index in [1.165, 1.54) is 5.56 Å². The first-order chi connectivity index (χ1) is 13.2. The molecule has 0 fully saturated rings. The van der Waals surface area contributed by atoms with Crippen LogP contribution in [0, 0.1) is 0 Å². The first kappa shape index (κ1) is 19.1. The van der Waals surface area contributed by atoms with E-state index in [0.717, 1.165) is 27.5 Å². The summed E-state index contributed by atoms with van der Waals surface area (Å²) in [5, 5.41) is 0. The first-order valence-corrected chi connectivity index (χ1v) is 9.93. The number of aryl methyl sites for hydroxylation is 1. The molecule has 0 spiro atoms. The van der Waals surface area contributed by atoms with E-state index in [4.69, 9.17) is 10.5 Å². The number of benzene rings is 3. The van der Waals surface area contributed by atoms with Gasteiger partial charge in [0.25, 0.3) is 0 Å². The second-order valence-corrected chi connectivity index (χ2v) is 7.38.